The van der Waals surface area contributed by atoms with Gasteiger partial charge in [0.05, 0.1) is 11.7 Å². The molecule has 24 heavy (non-hydrogen) atoms. The molecule has 0 bridgehead atoms. The molecule has 1 heterocycles. The molecule has 1 aromatic rings. The lowest BCUT2D eigenvalue weighted by Gasteiger charge is -2.42. The molecule has 3 aliphatic carbocycles. The summed E-state index contributed by atoms with van der Waals surface area (Å²) >= 11 is 0. The van der Waals surface area contributed by atoms with Crippen molar-refractivity contribution in [1.29, 1.82) is 0 Å². The molecular weight excluding hydrogens is 298 g/mol. The SMILES string of the molecule is C[C@@](NC1CCCCC1)(c1cn(C2(N)CC2)nn1)C1CCCCC1. The number of nitrogens with zero attached hydrogens (tertiary/aromatic N) is 3. The second-order valence-electron chi connectivity index (χ2n) is 8.67. The molecule has 134 valence electrons. The first-order chi connectivity index (χ1) is 11.6. The number of aromatic nitrogens is 3. The minimum atomic E-state index is -0.260. The molecule has 0 aliphatic heterocycles. The van der Waals surface area contributed by atoms with Crippen LogP contribution in [-0.2, 0) is 11.2 Å². The third-order valence-corrected chi connectivity index (χ3v) is 6.77. The maximum atomic E-state index is 6.33. The Morgan fingerprint density at radius 3 is 2.33 bits per heavy atom. The second-order valence-corrected chi connectivity index (χ2v) is 8.67. The minimum Gasteiger partial charge on any atom is -0.307 e. The van der Waals surface area contributed by atoms with E-state index in [2.05, 4.69) is 28.7 Å². The van der Waals surface area contributed by atoms with Gasteiger partial charge < -0.3 is 11.1 Å². The summed E-state index contributed by atoms with van der Waals surface area (Å²) in [6.07, 6.45) is 17.6. The normalized spacial score (nSPS) is 27.8. The van der Waals surface area contributed by atoms with Crippen molar-refractivity contribution in [3.05, 3.63) is 11.9 Å². The number of nitrogens with two attached hydrogens (primary N) is 1. The summed E-state index contributed by atoms with van der Waals surface area (Å²) in [6.45, 7) is 2.38. The number of hydrogen-bond acceptors (Lipinski definition) is 4. The van der Waals surface area contributed by atoms with Crippen LogP contribution in [0.2, 0.25) is 0 Å². The molecule has 0 radical (unpaired) electrons. The van der Waals surface area contributed by atoms with Crippen molar-refractivity contribution in [3.8, 4) is 0 Å². The molecule has 3 saturated carbocycles. The van der Waals surface area contributed by atoms with Gasteiger partial charge in [-0.25, -0.2) is 4.68 Å². The Labute approximate surface area is 145 Å². The standard InChI is InChI=1S/C19H33N5/c1-18(15-8-4-2-5-9-15,21-16-10-6-3-7-11-16)17-14-24(23-22-17)19(20)12-13-19/h14-16,21H,2-13,20H2,1H3/t18-/m0/s1. The molecule has 4 rings (SSSR count). The summed E-state index contributed by atoms with van der Waals surface area (Å²) < 4.78 is 1.92. The average molecular weight is 332 g/mol. The molecule has 1 aromatic heterocycles. The van der Waals surface area contributed by atoms with E-state index < -0.39 is 0 Å². The molecule has 0 saturated heterocycles. The van der Waals surface area contributed by atoms with Crippen LogP contribution in [0.4, 0.5) is 0 Å². The zero-order valence-electron chi connectivity index (χ0n) is 15.1. The van der Waals surface area contributed by atoms with Crippen LogP contribution < -0.4 is 11.1 Å². The quantitative estimate of drug-likeness (QED) is 0.867. The fourth-order valence-electron chi connectivity index (χ4n) is 4.83. The third-order valence-electron chi connectivity index (χ3n) is 6.77. The Balaban J connectivity index is 1.59. The van der Waals surface area contributed by atoms with E-state index in [-0.39, 0.29) is 11.2 Å². The molecule has 0 amide bonds. The maximum absolute atomic E-state index is 6.33. The van der Waals surface area contributed by atoms with E-state index in [4.69, 9.17) is 5.73 Å². The fraction of sp³-hybridized carbons (Fsp3) is 0.895. The van der Waals surface area contributed by atoms with Gasteiger partial charge in [0, 0.05) is 6.04 Å². The van der Waals surface area contributed by atoms with Gasteiger partial charge in [-0.15, -0.1) is 5.10 Å². The fourth-order valence-corrected chi connectivity index (χ4v) is 4.83. The lowest BCUT2D eigenvalue weighted by atomic mass is 9.73. The summed E-state index contributed by atoms with van der Waals surface area (Å²) in [5.41, 5.74) is 7.11. The number of hydrogen-bond donors (Lipinski definition) is 2. The first kappa shape index (κ1) is 16.5. The zero-order valence-corrected chi connectivity index (χ0v) is 15.1. The van der Waals surface area contributed by atoms with Gasteiger partial charge in [-0.05, 0) is 51.4 Å². The molecule has 5 nitrogen and oxygen atoms in total. The van der Waals surface area contributed by atoms with Crippen LogP contribution >= 0.6 is 0 Å². The van der Waals surface area contributed by atoms with E-state index in [1.807, 2.05) is 4.68 Å². The Morgan fingerprint density at radius 1 is 1.08 bits per heavy atom. The second kappa shape index (κ2) is 6.41. The van der Waals surface area contributed by atoms with Crippen LogP contribution in [-0.4, -0.2) is 21.0 Å². The predicted octanol–water partition coefficient (Wildman–Crippen LogP) is 3.40. The molecule has 3 fully saturated rings. The summed E-state index contributed by atoms with van der Waals surface area (Å²) in [4.78, 5) is 0. The van der Waals surface area contributed by atoms with E-state index in [1.165, 1.54) is 64.2 Å². The van der Waals surface area contributed by atoms with E-state index >= 15 is 0 Å². The molecule has 3 aliphatic rings. The molecule has 0 spiro atoms. The van der Waals surface area contributed by atoms with Crippen molar-refractivity contribution in [1.82, 2.24) is 20.3 Å². The van der Waals surface area contributed by atoms with Crippen LogP contribution in [0.25, 0.3) is 0 Å². The highest BCUT2D eigenvalue weighted by atomic mass is 15.5. The zero-order chi connectivity index (χ0) is 16.6. The lowest BCUT2D eigenvalue weighted by molar-refractivity contribution is 0.143. The highest BCUT2D eigenvalue weighted by Gasteiger charge is 2.45. The summed E-state index contributed by atoms with van der Waals surface area (Å²) in [5, 5.41) is 13.1. The first-order valence-corrected chi connectivity index (χ1v) is 10.1. The topological polar surface area (TPSA) is 68.8 Å². The van der Waals surface area contributed by atoms with Crippen molar-refractivity contribution >= 4 is 0 Å². The minimum absolute atomic E-state index is 0.0636. The van der Waals surface area contributed by atoms with Crippen molar-refractivity contribution in [2.45, 2.75) is 101 Å². The summed E-state index contributed by atoms with van der Waals surface area (Å²) in [5.74, 6) is 0.659. The Hall–Kier alpha value is -0.940. The first-order valence-electron chi connectivity index (χ1n) is 10.1. The van der Waals surface area contributed by atoms with Crippen LogP contribution in [0.5, 0.6) is 0 Å². The van der Waals surface area contributed by atoms with Crippen molar-refractivity contribution in [2.75, 3.05) is 0 Å². The highest BCUT2D eigenvalue weighted by molar-refractivity contribution is 5.15. The van der Waals surface area contributed by atoms with Gasteiger partial charge in [-0.3, -0.25) is 0 Å². The van der Waals surface area contributed by atoms with Crippen molar-refractivity contribution in [3.63, 3.8) is 0 Å². The molecule has 5 heteroatoms. The smallest absolute Gasteiger partial charge is 0.112 e. The van der Waals surface area contributed by atoms with Gasteiger partial charge in [0.1, 0.15) is 11.4 Å². The molecule has 1 atom stereocenters. The summed E-state index contributed by atoms with van der Waals surface area (Å²) in [6, 6.07) is 0.628. The van der Waals surface area contributed by atoms with E-state index in [9.17, 15) is 0 Å². The Kier molecular flexibility index (Phi) is 4.42. The predicted molar refractivity (Wildman–Crippen MR) is 95.4 cm³/mol. The van der Waals surface area contributed by atoms with E-state index in [1.54, 1.807) is 0 Å². The van der Waals surface area contributed by atoms with Gasteiger partial charge >= 0.3 is 0 Å². The molecule has 0 aromatic carbocycles. The lowest BCUT2D eigenvalue weighted by Crippen LogP contribution is -2.52. The average Bonchev–Trinajstić information content (AvgIpc) is 3.16. The van der Waals surface area contributed by atoms with Gasteiger partial charge in [-0.2, -0.15) is 0 Å². The monoisotopic (exact) mass is 331 g/mol. The third kappa shape index (κ3) is 3.13. The van der Waals surface area contributed by atoms with Gasteiger partial charge in [0.25, 0.3) is 0 Å². The van der Waals surface area contributed by atoms with Gasteiger partial charge in [-0.1, -0.05) is 43.7 Å². The number of nitrogens with one attached hydrogen (secondary N) is 1. The van der Waals surface area contributed by atoms with Crippen LogP contribution in [0.15, 0.2) is 6.20 Å². The number of rotatable bonds is 5. The summed E-state index contributed by atoms with van der Waals surface area (Å²) in [7, 11) is 0. The molecule has 0 unspecified atom stereocenters. The van der Waals surface area contributed by atoms with E-state index in [0.717, 1.165) is 18.5 Å². The van der Waals surface area contributed by atoms with E-state index in [0.29, 0.717) is 12.0 Å². The molecule has 3 N–H and O–H groups in total. The van der Waals surface area contributed by atoms with Crippen LogP contribution in [0.3, 0.4) is 0 Å². The van der Waals surface area contributed by atoms with Gasteiger partial charge in [0.2, 0.25) is 0 Å². The highest BCUT2D eigenvalue weighted by Crippen LogP contribution is 2.41. The molecular formula is C19H33N5. The largest absolute Gasteiger partial charge is 0.307 e. The van der Waals surface area contributed by atoms with Crippen molar-refractivity contribution in [2.24, 2.45) is 11.7 Å². The van der Waals surface area contributed by atoms with Crippen LogP contribution in [0.1, 0.15) is 89.7 Å². The van der Waals surface area contributed by atoms with Crippen molar-refractivity contribution < 1.29 is 0 Å². The Morgan fingerprint density at radius 2 is 1.71 bits per heavy atom. The Bertz CT molecular complexity index is 552. The maximum Gasteiger partial charge on any atom is 0.112 e. The van der Waals surface area contributed by atoms with Crippen LogP contribution in [0, 0.1) is 5.92 Å². The van der Waals surface area contributed by atoms with Gasteiger partial charge in [0.15, 0.2) is 0 Å².